The molecule has 13 aromatic rings. The lowest BCUT2D eigenvalue weighted by Gasteiger charge is -2.17. The maximum absolute atomic E-state index is 5.77. The van der Waals surface area contributed by atoms with Crippen LogP contribution in [-0.4, -0.2) is 18.7 Å². The number of fused-ring (bicyclic) bond motifs is 10. The minimum atomic E-state index is 0.887. The molecule has 4 heterocycles. The first-order valence-corrected chi connectivity index (χ1v) is 21.2. The molecule has 0 N–H and O–H groups in total. The molecule has 0 atom stereocenters. The van der Waals surface area contributed by atoms with Crippen molar-refractivity contribution >= 4 is 86.2 Å². The molecule has 0 saturated carbocycles. The van der Waals surface area contributed by atoms with E-state index in [-0.39, 0.29) is 0 Å². The third-order valence-corrected chi connectivity index (χ3v) is 13.5. The average Bonchev–Trinajstić information content (AvgIpc) is 4.08. The Morgan fingerprint density at radius 1 is 0.350 bits per heavy atom. The zero-order valence-electron chi connectivity index (χ0n) is 32.3. The monoisotopic (exact) mass is 782 g/mol. The number of hydrogen-bond donors (Lipinski definition) is 0. The predicted octanol–water partition coefficient (Wildman–Crippen LogP) is 14.9. The summed E-state index contributed by atoms with van der Waals surface area (Å²) in [5.74, 6) is 0.887. The molecular formula is C55H34N4S. The molecule has 0 aliphatic carbocycles. The van der Waals surface area contributed by atoms with Crippen molar-refractivity contribution < 1.29 is 0 Å². The van der Waals surface area contributed by atoms with Crippen molar-refractivity contribution in [1.29, 1.82) is 0 Å². The molecular weight excluding hydrogens is 749 g/mol. The maximum Gasteiger partial charge on any atom is 0.145 e. The van der Waals surface area contributed by atoms with Gasteiger partial charge in [0.1, 0.15) is 11.3 Å². The molecule has 0 bridgehead atoms. The normalized spacial score (nSPS) is 12.0. The largest absolute Gasteiger partial charge is 0.307 e. The Morgan fingerprint density at radius 3 is 1.45 bits per heavy atom. The molecule has 0 aliphatic rings. The second-order valence-corrected chi connectivity index (χ2v) is 16.6. The van der Waals surface area contributed by atoms with Crippen LogP contribution in [0.15, 0.2) is 206 Å². The Hall–Kier alpha value is -7.73. The van der Waals surface area contributed by atoms with E-state index in [9.17, 15) is 0 Å². The van der Waals surface area contributed by atoms with Gasteiger partial charge in [-0.3, -0.25) is 4.57 Å². The highest BCUT2D eigenvalue weighted by Crippen LogP contribution is 2.43. The maximum atomic E-state index is 5.77. The summed E-state index contributed by atoms with van der Waals surface area (Å²) >= 11 is 1.87. The molecule has 0 fully saturated rings. The lowest BCUT2D eigenvalue weighted by Crippen LogP contribution is -2.03. The van der Waals surface area contributed by atoms with Crippen molar-refractivity contribution in [2.24, 2.45) is 0 Å². The molecule has 5 heteroatoms. The minimum absolute atomic E-state index is 0.887. The summed E-state index contributed by atoms with van der Waals surface area (Å²) in [5, 5.41) is 7.51. The van der Waals surface area contributed by atoms with Crippen LogP contribution in [0.25, 0.3) is 114 Å². The van der Waals surface area contributed by atoms with Gasteiger partial charge in [-0.05, 0) is 65.7 Å². The third-order valence-electron chi connectivity index (χ3n) is 12.3. The van der Waals surface area contributed by atoms with Gasteiger partial charge in [-0.25, -0.2) is 4.98 Å². The van der Waals surface area contributed by atoms with E-state index >= 15 is 0 Å². The highest BCUT2D eigenvalue weighted by molar-refractivity contribution is 7.26. The van der Waals surface area contributed by atoms with Gasteiger partial charge in [0, 0.05) is 53.0 Å². The number of thiophene rings is 1. The van der Waals surface area contributed by atoms with Crippen molar-refractivity contribution in [3.63, 3.8) is 0 Å². The number of nitrogens with zero attached hydrogens (tertiary/aromatic N) is 4. The molecule has 4 aromatic heterocycles. The van der Waals surface area contributed by atoms with Crippen LogP contribution >= 0.6 is 11.3 Å². The first kappa shape index (κ1) is 33.3. The van der Waals surface area contributed by atoms with E-state index in [4.69, 9.17) is 4.98 Å². The number of rotatable bonds is 5. The van der Waals surface area contributed by atoms with Gasteiger partial charge in [0.2, 0.25) is 0 Å². The quantitative estimate of drug-likeness (QED) is 0.171. The van der Waals surface area contributed by atoms with Crippen LogP contribution in [0.3, 0.4) is 0 Å². The Morgan fingerprint density at radius 2 is 0.833 bits per heavy atom. The van der Waals surface area contributed by atoms with Crippen LogP contribution in [0.4, 0.5) is 0 Å². The highest BCUT2D eigenvalue weighted by atomic mass is 32.1. The Kier molecular flexibility index (Phi) is 7.14. The van der Waals surface area contributed by atoms with E-state index in [0.29, 0.717) is 0 Å². The number of aromatic nitrogens is 4. The van der Waals surface area contributed by atoms with Gasteiger partial charge in [0.05, 0.1) is 39.0 Å². The highest BCUT2D eigenvalue weighted by Gasteiger charge is 2.25. The van der Waals surface area contributed by atoms with E-state index in [2.05, 4.69) is 220 Å². The van der Waals surface area contributed by atoms with Crippen LogP contribution < -0.4 is 0 Å². The number of para-hydroxylation sites is 5. The van der Waals surface area contributed by atoms with E-state index in [1.807, 2.05) is 11.3 Å². The second-order valence-electron chi connectivity index (χ2n) is 15.5. The minimum Gasteiger partial charge on any atom is -0.307 e. The molecule has 9 aromatic carbocycles. The van der Waals surface area contributed by atoms with E-state index in [0.717, 1.165) is 61.6 Å². The lowest BCUT2D eigenvalue weighted by molar-refractivity contribution is 1.08. The third kappa shape index (κ3) is 4.75. The summed E-state index contributed by atoms with van der Waals surface area (Å²) in [5.41, 5.74) is 13.2. The van der Waals surface area contributed by atoms with Gasteiger partial charge in [0.15, 0.2) is 0 Å². The van der Waals surface area contributed by atoms with Crippen LogP contribution in [0, 0.1) is 0 Å². The van der Waals surface area contributed by atoms with Crippen LogP contribution in [0.1, 0.15) is 0 Å². The Balaban J connectivity index is 1.13. The number of hydrogen-bond acceptors (Lipinski definition) is 2. The zero-order valence-corrected chi connectivity index (χ0v) is 33.1. The molecule has 0 saturated heterocycles. The standard InChI is InChI=1S/C55H34N4S/c1-2-15-37(16-3-1)57-53-50(59-47-26-11-6-19-41(47)42-20-7-12-27-48(42)59)34-33-49(58-45-24-9-4-17-39(45)40-18-5-10-25-46(40)58)52(53)56-55(57)36-31-29-35(30-32-36)38-22-14-23-44-43-21-8-13-28-51(43)60-54(38)44/h1-34H. The van der Waals surface area contributed by atoms with Gasteiger partial charge < -0.3 is 9.13 Å². The summed E-state index contributed by atoms with van der Waals surface area (Å²) in [6, 6.07) is 74.7. The van der Waals surface area contributed by atoms with E-state index in [1.54, 1.807) is 0 Å². The van der Waals surface area contributed by atoms with Crippen molar-refractivity contribution in [2.45, 2.75) is 0 Å². The van der Waals surface area contributed by atoms with Crippen molar-refractivity contribution in [1.82, 2.24) is 18.7 Å². The fraction of sp³-hybridized carbons (Fsp3) is 0. The molecule has 0 spiro atoms. The van der Waals surface area contributed by atoms with Gasteiger partial charge in [0.25, 0.3) is 0 Å². The smallest absolute Gasteiger partial charge is 0.145 e. The molecule has 0 amide bonds. The fourth-order valence-electron chi connectivity index (χ4n) is 9.67. The van der Waals surface area contributed by atoms with E-state index in [1.165, 1.54) is 52.8 Å². The zero-order chi connectivity index (χ0) is 39.3. The predicted molar refractivity (Wildman–Crippen MR) is 254 cm³/mol. The summed E-state index contributed by atoms with van der Waals surface area (Å²) in [4.78, 5) is 5.77. The average molecular weight is 783 g/mol. The van der Waals surface area contributed by atoms with Crippen molar-refractivity contribution in [3.8, 4) is 39.6 Å². The molecule has 280 valence electrons. The van der Waals surface area contributed by atoms with Gasteiger partial charge in [-0.1, -0.05) is 152 Å². The van der Waals surface area contributed by atoms with Gasteiger partial charge in [-0.15, -0.1) is 11.3 Å². The summed E-state index contributed by atoms with van der Waals surface area (Å²) in [6.45, 7) is 0. The van der Waals surface area contributed by atoms with Crippen LogP contribution in [-0.2, 0) is 0 Å². The van der Waals surface area contributed by atoms with Gasteiger partial charge in [-0.2, -0.15) is 0 Å². The van der Waals surface area contributed by atoms with Crippen LogP contribution in [0.5, 0.6) is 0 Å². The molecule has 60 heavy (non-hydrogen) atoms. The topological polar surface area (TPSA) is 27.7 Å². The number of imidazole rings is 1. The lowest BCUT2D eigenvalue weighted by atomic mass is 10.0. The molecule has 0 radical (unpaired) electrons. The molecule has 0 aliphatic heterocycles. The summed E-state index contributed by atoms with van der Waals surface area (Å²) < 4.78 is 9.85. The van der Waals surface area contributed by atoms with E-state index < -0.39 is 0 Å². The number of benzene rings is 9. The van der Waals surface area contributed by atoms with Crippen molar-refractivity contribution in [3.05, 3.63) is 206 Å². The van der Waals surface area contributed by atoms with Crippen LogP contribution in [0.2, 0.25) is 0 Å². The summed E-state index contributed by atoms with van der Waals surface area (Å²) in [6.07, 6.45) is 0. The van der Waals surface area contributed by atoms with Gasteiger partial charge >= 0.3 is 0 Å². The molecule has 13 rings (SSSR count). The molecule has 4 nitrogen and oxygen atoms in total. The Labute approximate surface area is 349 Å². The Bertz CT molecular complexity index is 3720. The first-order valence-electron chi connectivity index (χ1n) is 20.4. The first-order chi connectivity index (χ1) is 29.8. The second kappa shape index (κ2) is 12.9. The molecule has 0 unspecified atom stereocenters. The summed E-state index contributed by atoms with van der Waals surface area (Å²) in [7, 11) is 0. The van der Waals surface area contributed by atoms with Crippen molar-refractivity contribution in [2.75, 3.05) is 0 Å². The SMILES string of the molecule is c1ccc(-n2c(-c3ccc(-c4cccc5c4sc4ccccc45)cc3)nc3c(-n4c5ccccc5c5ccccc54)ccc(-n4c5ccccc5c5ccccc54)c32)cc1. The fourth-order valence-corrected chi connectivity index (χ4v) is 10.9.